The Hall–Kier alpha value is -1.62. The summed E-state index contributed by atoms with van der Waals surface area (Å²) in [5, 5.41) is 6.89. The van der Waals surface area contributed by atoms with Crippen LogP contribution in [0.3, 0.4) is 0 Å². The first-order valence-electron chi connectivity index (χ1n) is 5.28. The van der Waals surface area contributed by atoms with Crippen LogP contribution in [-0.2, 0) is 6.54 Å². The normalized spacial score (nSPS) is 10.2. The summed E-state index contributed by atoms with van der Waals surface area (Å²) in [7, 11) is 0. The molecule has 0 bridgehead atoms. The number of hydrogen-bond donors (Lipinski definition) is 1. The van der Waals surface area contributed by atoms with Crippen LogP contribution in [-0.4, -0.2) is 15.7 Å². The molecule has 1 N–H and O–H groups in total. The lowest BCUT2D eigenvalue weighted by molar-refractivity contribution is 0.102. The number of carbonyl (C=O) groups excluding carboxylic acids is 1. The SMILES string of the molecule is CCn1cc(NC(=O)c2cccc(Br)c2)cn1. The van der Waals surface area contributed by atoms with E-state index in [4.69, 9.17) is 0 Å². The Morgan fingerprint density at radius 1 is 1.53 bits per heavy atom. The number of anilines is 1. The van der Waals surface area contributed by atoms with Crippen molar-refractivity contribution < 1.29 is 4.79 Å². The average Bonchev–Trinajstić information content (AvgIpc) is 2.77. The second-order valence-corrected chi connectivity index (χ2v) is 4.46. The Labute approximate surface area is 108 Å². The fraction of sp³-hybridized carbons (Fsp3) is 0.167. The van der Waals surface area contributed by atoms with Crippen LogP contribution in [0.15, 0.2) is 41.1 Å². The number of hydrogen-bond acceptors (Lipinski definition) is 2. The Morgan fingerprint density at radius 3 is 3.00 bits per heavy atom. The zero-order chi connectivity index (χ0) is 12.3. The van der Waals surface area contributed by atoms with Gasteiger partial charge in [-0.25, -0.2) is 0 Å². The Kier molecular flexibility index (Phi) is 3.58. The molecule has 0 radical (unpaired) electrons. The van der Waals surface area contributed by atoms with Gasteiger partial charge in [-0.15, -0.1) is 0 Å². The van der Waals surface area contributed by atoms with Crippen molar-refractivity contribution in [2.45, 2.75) is 13.5 Å². The van der Waals surface area contributed by atoms with Gasteiger partial charge in [-0.1, -0.05) is 22.0 Å². The Bertz CT molecular complexity index is 536. The summed E-state index contributed by atoms with van der Waals surface area (Å²) in [4.78, 5) is 11.9. The van der Waals surface area contributed by atoms with Gasteiger partial charge >= 0.3 is 0 Å². The van der Waals surface area contributed by atoms with E-state index in [2.05, 4.69) is 26.3 Å². The minimum absolute atomic E-state index is 0.137. The summed E-state index contributed by atoms with van der Waals surface area (Å²) in [5.74, 6) is -0.137. The van der Waals surface area contributed by atoms with Gasteiger partial charge in [0.2, 0.25) is 0 Å². The summed E-state index contributed by atoms with van der Waals surface area (Å²) in [6, 6.07) is 7.25. The largest absolute Gasteiger partial charge is 0.319 e. The molecule has 1 aromatic heterocycles. The van der Waals surface area contributed by atoms with Gasteiger partial charge in [-0.05, 0) is 25.1 Å². The third-order valence-electron chi connectivity index (χ3n) is 2.30. The van der Waals surface area contributed by atoms with E-state index in [1.165, 1.54) is 0 Å². The van der Waals surface area contributed by atoms with Crippen LogP contribution in [0.5, 0.6) is 0 Å². The highest BCUT2D eigenvalue weighted by molar-refractivity contribution is 9.10. The summed E-state index contributed by atoms with van der Waals surface area (Å²) in [5.41, 5.74) is 1.32. The van der Waals surface area contributed by atoms with Gasteiger partial charge in [-0.3, -0.25) is 9.48 Å². The molecule has 0 saturated carbocycles. The first kappa shape index (κ1) is 11.9. The van der Waals surface area contributed by atoms with Gasteiger partial charge in [0, 0.05) is 22.8 Å². The fourth-order valence-electron chi connectivity index (χ4n) is 1.43. The van der Waals surface area contributed by atoms with E-state index in [9.17, 15) is 4.79 Å². The van der Waals surface area contributed by atoms with Gasteiger partial charge in [-0.2, -0.15) is 5.10 Å². The molecule has 0 aliphatic carbocycles. The third kappa shape index (κ3) is 2.94. The van der Waals surface area contributed by atoms with Gasteiger partial charge in [0.05, 0.1) is 11.9 Å². The van der Waals surface area contributed by atoms with E-state index in [0.717, 1.165) is 11.0 Å². The predicted molar refractivity (Wildman–Crippen MR) is 70.0 cm³/mol. The molecule has 2 aromatic rings. The Morgan fingerprint density at radius 2 is 2.35 bits per heavy atom. The predicted octanol–water partition coefficient (Wildman–Crippen LogP) is 2.92. The van der Waals surface area contributed by atoms with Gasteiger partial charge < -0.3 is 5.32 Å². The molecule has 0 saturated heterocycles. The highest BCUT2D eigenvalue weighted by atomic mass is 79.9. The lowest BCUT2D eigenvalue weighted by atomic mass is 10.2. The van der Waals surface area contributed by atoms with E-state index >= 15 is 0 Å². The molecule has 4 nitrogen and oxygen atoms in total. The van der Waals surface area contributed by atoms with Gasteiger partial charge in [0.15, 0.2) is 0 Å². The monoisotopic (exact) mass is 293 g/mol. The molecule has 0 aliphatic heterocycles. The van der Waals surface area contributed by atoms with Crippen LogP contribution in [0.1, 0.15) is 17.3 Å². The first-order valence-corrected chi connectivity index (χ1v) is 6.07. The van der Waals surface area contributed by atoms with Crippen molar-refractivity contribution in [1.82, 2.24) is 9.78 Å². The van der Waals surface area contributed by atoms with E-state index in [0.29, 0.717) is 11.3 Å². The zero-order valence-electron chi connectivity index (χ0n) is 9.35. The number of amides is 1. The number of carbonyl (C=O) groups is 1. The molecule has 0 atom stereocenters. The highest BCUT2D eigenvalue weighted by Gasteiger charge is 2.07. The van der Waals surface area contributed by atoms with Crippen LogP contribution in [0.4, 0.5) is 5.69 Å². The van der Waals surface area contributed by atoms with Crippen LogP contribution in [0.25, 0.3) is 0 Å². The first-order chi connectivity index (χ1) is 8.19. The van der Waals surface area contributed by atoms with E-state index in [1.807, 2.05) is 19.1 Å². The lowest BCUT2D eigenvalue weighted by Gasteiger charge is -2.02. The van der Waals surface area contributed by atoms with Crippen molar-refractivity contribution >= 4 is 27.5 Å². The smallest absolute Gasteiger partial charge is 0.255 e. The minimum atomic E-state index is -0.137. The number of aromatic nitrogens is 2. The van der Waals surface area contributed by atoms with Crippen LogP contribution >= 0.6 is 15.9 Å². The van der Waals surface area contributed by atoms with Crippen molar-refractivity contribution in [2.75, 3.05) is 5.32 Å². The molecular weight excluding hydrogens is 282 g/mol. The van der Waals surface area contributed by atoms with Crippen molar-refractivity contribution in [3.05, 3.63) is 46.7 Å². The molecule has 1 heterocycles. The maximum atomic E-state index is 11.9. The average molecular weight is 294 g/mol. The second kappa shape index (κ2) is 5.14. The molecule has 0 fully saturated rings. The number of rotatable bonds is 3. The van der Waals surface area contributed by atoms with Gasteiger partial charge in [0.1, 0.15) is 0 Å². The number of nitrogens with zero attached hydrogens (tertiary/aromatic N) is 2. The second-order valence-electron chi connectivity index (χ2n) is 3.55. The summed E-state index contributed by atoms with van der Waals surface area (Å²) in [6.07, 6.45) is 3.44. The summed E-state index contributed by atoms with van der Waals surface area (Å²) < 4.78 is 2.64. The molecule has 5 heteroatoms. The number of aryl methyl sites for hydroxylation is 1. The van der Waals surface area contributed by atoms with Crippen molar-refractivity contribution in [2.24, 2.45) is 0 Å². The van der Waals surface area contributed by atoms with E-state index < -0.39 is 0 Å². The lowest BCUT2D eigenvalue weighted by Crippen LogP contribution is -2.11. The minimum Gasteiger partial charge on any atom is -0.319 e. The quantitative estimate of drug-likeness (QED) is 0.946. The van der Waals surface area contributed by atoms with Crippen LogP contribution in [0.2, 0.25) is 0 Å². The molecule has 17 heavy (non-hydrogen) atoms. The standard InChI is InChI=1S/C12H12BrN3O/c1-2-16-8-11(7-14-16)15-12(17)9-4-3-5-10(13)6-9/h3-8H,2H2,1H3,(H,15,17). The maximum absolute atomic E-state index is 11.9. The molecule has 88 valence electrons. The van der Waals surface area contributed by atoms with E-state index in [-0.39, 0.29) is 5.91 Å². The molecule has 2 rings (SSSR count). The van der Waals surface area contributed by atoms with Crippen molar-refractivity contribution in [3.8, 4) is 0 Å². The van der Waals surface area contributed by atoms with E-state index in [1.54, 1.807) is 29.2 Å². The van der Waals surface area contributed by atoms with Gasteiger partial charge in [0.25, 0.3) is 5.91 Å². The Balaban J connectivity index is 2.11. The molecule has 0 aliphatic rings. The summed E-state index contributed by atoms with van der Waals surface area (Å²) >= 11 is 3.33. The number of halogens is 1. The molecule has 0 unspecified atom stereocenters. The van der Waals surface area contributed by atoms with Crippen molar-refractivity contribution in [1.29, 1.82) is 0 Å². The molecular formula is C12H12BrN3O. The van der Waals surface area contributed by atoms with Crippen molar-refractivity contribution in [3.63, 3.8) is 0 Å². The third-order valence-corrected chi connectivity index (χ3v) is 2.80. The van der Waals surface area contributed by atoms with Crippen LogP contribution < -0.4 is 5.32 Å². The maximum Gasteiger partial charge on any atom is 0.255 e. The van der Waals surface area contributed by atoms with Crippen LogP contribution in [0, 0.1) is 0 Å². The zero-order valence-corrected chi connectivity index (χ0v) is 10.9. The topological polar surface area (TPSA) is 46.9 Å². The summed E-state index contributed by atoms with van der Waals surface area (Å²) in [6.45, 7) is 2.78. The fourth-order valence-corrected chi connectivity index (χ4v) is 1.83. The highest BCUT2D eigenvalue weighted by Crippen LogP contribution is 2.13. The number of nitrogens with one attached hydrogen (secondary N) is 1. The molecule has 0 spiro atoms. The molecule has 1 aromatic carbocycles. The number of benzene rings is 1. The molecule has 1 amide bonds.